The SMILES string of the molecule is C=CC(=C\C(=C(C)C)N(CCC)S(=O)(=O)c1cccc(C(F)(F)F)c1)/C=C(\C)c1c(F)cccc1Cl.CN(C)/C=C\N. The van der Waals surface area contributed by atoms with Crippen LogP contribution in [-0.2, 0) is 16.2 Å². The molecule has 0 saturated carbocycles. The molecule has 0 spiro atoms. The van der Waals surface area contributed by atoms with E-state index in [1.807, 2.05) is 19.0 Å². The number of hydrogen-bond acceptors (Lipinski definition) is 4. The van der Waals surface area contributed by atoms with Crippen molar-refractivity contribution in [1.82, 2.24) is 9.21 Å². The largest absolute Gasteiger partial charge is 0.416 e. The smallest absolute Gasteiger partial charge is 0.403 e. The summed E-state index contributed by atoms with van der Waals surface area (Å²) in [5, 5.41) is 0.217. The van der Waals surface area contributed by atoms with Crippen molar-refractivity contribution in [1.29, 1.82) is 0 Å². The van der Waals surface area contributed by atoms with Gasteiger partial charge in [-0.25, -0.2) is 12.8 Å². The molecule has 0 aromatic heterocycles. The number of hydrogen-bond donors (Lipinski definition) is 1. The minimum atomic E-state index is -4.69. The lowest BCUT2D eigenvalue weighted by molar-refractivity contribution is -0.137. The average molecular weight is 628 g/mol. The fourth-order valence-electron chi connectivity index (χ4n) is 3.69. The highest BCUT2D eigenvalue weighted by Crippen LogP contribution is 2.33. The van der Waals surface area contributed by atoms with Crippen molar-refractivity contribution in [2.24, 2.45) is 5.73 Å². The molecule has 2 aromatic carbocycles. The summed E-state index contributed by atoms with van der Waals surface area (Å²) in [5.74, 6) is -0.512. The molecule has 0 fully saturated rings. The first-order valence-electron chi connectivity index (χ1n) is 12.9. The first kappa shape index (κ1) is 36.5. The van der Waals surface area contributed by atoms with Gasteiger partial charge in [-0.05, 0) is 74.7 Å². The standard InChI is InChI=1S/C27H28ClF4NO2S.C4H10N2/c1-6-14-33(36(34,35)22-11-8-10-21(17-22)27(30,31)32)25(18(3)4)16-20(7-2)15-19(5)26-23(28)12-9-13-24(26)29;1-6(2)4-3-5/h7-13,15-17H,2,6,14H2,1,3-5H3;3-4H,5H2,1-2H3/b19-15+,20-16+;4-3-. The summed E-state index contributed by atoms with van der Waals surface area (Å²) in [6.07, 6.45) is 3.64. The van der Waals surface area contributed by atoms with Gasteiger partial charge >= 0.3 is 6.18 Å². The zero-order valence-corrected chi connectivity index (χ0v) is 26.2. The van der Waals surface area contributed by atoms with Crippen LogP contribution in [0, 0.1) is 5.82 Å². The van der Waals surface area contributed by atoms with Gasteiger partial charge in [-0.2, -0.15) is 13.2 Å². The fraction of sp³-hybridized carbons (Fsp3) is 0.290. The second kappa shape index (κ2) is 16.2. The van der Waals surface area contributed by atoms with Crippen LogP contribution in [0.1, 0.15) is 45.2 Å². The van der Waals surface area contributed by atoms with E-state index in [9.17, 15) is 26.0 Å². The van der Waals surface area contributed by atoms with Crippen LogP contribution in [0.2, 0.25) is 5.02 Å². The predicted octanol–water partition coefficient (Wildman–Crippen LogP) is 8.39. The molecule has 0 aliphatic carbocycles. The number of halogens is 5. The summed E-state index contributed by atoms with van der Waals surface area (Å²) in [5.41, 5.74) is 5.98. The second-order valence-electron chi connectivity index (χ2n) is 9.57. The Morgan fingerprint density at radius 1 is 1.07 bits per heavy atom. The molecule has 2 aromatic rings. The number of allylic oxidation sites excluding steroid dienone is 6. The maximum absolute atomic E-state index is 14.4. The lowest BCUT2D eigenvalue weighted by Crippen LogP contribution is -2.31. The van der Waals surface area contributed by atoms with Gasteiger partial charge in [0.25, 0.3) is 10.0 Å². The molecule has 0 heterocycles. The quantitative estimate of drug-likeness (QED) is 0.212. The van der Waals surface area contributed by atoms with Crippen LogP contribution in [0.4, 0.5) is 17.6 Å². The summed E-state index contributed by atoms with van der Waals surface area (Å²) in [6, 6.07) is 7.98. The van der Waals surface area contributed by atoms with E-state index in [-0.39, 0.29) is 22.8 Å². The third-order valence-electron chi connectivity index (χ3n) is 5.62. The summed E-state index contributed by atoms with van der Waals surface area (Å²) in [7, 11) is -0.503. The number of alkyl halides is 3. The third-order valence-corrected chi connectivity index (χ3v) is 7.74. The Balaban J connectivity index is 0.00000132. The molecule has 0 radical (unpaired) electrons. The van der Waals surface area contributed by atoms with Crippen molar-refractivity contribution in [3.63, 3.8) is 0 Å². The summed E-state index contributed by atoms with van der Waals surface area (Å²) in [4.78, 5) is 1.41. The number of nitrogens with two attached hydrogens (primary N) is 1. The average Bonchev–Trinajstić information content (AvgIpc) is 2.89. The Kier molecular flexibility index (Phi) is 14.1. The number of nitrogens with zero attached hydrogens (tertiary/aromatic N) is 2. The minimum Gasteiger partial charge on any atom is -0.403 e. The van der Waals surface area contributed by atoms with Crippen molar-refractivity contribution in [3.8, 4) is 0 Å². The topological polar surface area (TPSA) is 66.6 Å². The van der Waals surface area contributed by atoms with Gasteiger partial charge in [0.15, 0.2) is 0 Å². The highest BCUT2D eigenvalue weighted by molar-refractivity contribution is 7.89. The molecule has 11 heteroatoms. The summed E-state index contributed by atoms with van der Waals surface area (Å²) in [6.45, 7) is 10.6. The van der Waals surface area contributed by atoms with Crippen molar-refractivity contribution in [3.05, 3.63) is 118 Å². The normalized spacial score (nSPS) is 12.5. The highest BCUT2D eigenvalue weighted by Gasteiger charge is 2.33. The Morgan fingerprint density at radius 3 is 2.14 bits per heavy atom. The van der Waals surface area contributed by atoms with Gasteiger partial charge in [0.05, 0.1) is 21.2 Å². The Labute approximate surface area is 252 Å². The van der Waals surface area contributed by atoms with Crippen LogP contribution in [0.25, 0.3) is 5.57 Å². The monoisotopic (exact) mass is 627 g/mol. The van der Waals surface area contributed by atoms with Crippen LogP contribution >= 0.6 is 11.6 Å². The van der Waals surface area contributed by atoms with E-state index in [4.69, 9.17) is 17.3 Å². The fourth-order valence-corrected chi connectivity index (χ4v) is 5.70. The Hall–Kier alpha value is -3.50. The van der Waals surface area contributed by atoms with Gasteiger partial charge in [-0.3, -0.25) is 4.31 Å². The Morgan fingerprint density at radius 2 is 1.69 bits per heavy atom. The molecule has 0 amide bonds. The van der Waals surface area contributed by atoms with E-state index in [1.165, 1.54) is 24.4 Å². The van der Waals surface area contributed by atoms with E-state index in [0.29, 0.717) is 29.2 Å². The molecule has 0 bridgehead atoms. The summed E-state index contributed by atoms with van der Waals surface area (Å²) >= 11 is 6.17. The highest BCUT2D eigenvalue weighted by atomic mass is 35.5. The van der Waals surface area contributed by atoms with E-state index >= 15 is 0 Å². The maximum atomic E-state index is 14.4. The first-order chi connectivity index (χ1) is 19.5. The lowest BCUT2D eigenvalue weighted by Gasteiger charge is -2.27. The van der Waals surface area contributed by atoms with E-state index in [1.54, 1.807) is 52.1 Å². The maximum Gasteiger partial charge on any atom is 0.416 e. The number of rotatable bonds is 10. The van der Waals surface area contributed by atoms with Crippen molar-refractivity contribution < 1.29 is 26.0 Å². The van der Waals surface area contributed by atoms with Gasteiger partial charge in [0, 0.05) is 38.6 Å². The van der Waals surface area contributed by atoms with Crippen LogP contribution < -0.4 is 5.73 Å². The van der Waals surface area contributed by atoms with Crippen LogP contribution in [0.3, 0.4) is 0 Å². The lowest BCUT2D eigenvalue weighted by atomic mass is 10.0. The molecule has 0 unspecified atom stereocenters. The predicted molar refractivity (Wildman–Crippen MR) is 164 cm³/mol. The molecule has 230 valence electrons. The van der Waals surface area contributed by atoms with Crippen LogP contribution in [-0.4, -0.2) is 38.3 Å². The third kappa shape index (κ3) is 10.4. The van der Waals surface area contributed by atoms with Crippen molar-refractivity contribution in [2.45, 2.75) is 45.2 Å². The zero-order chi connectivity index (χ0) is 32.3. The van der Waals surface area contributed by atoms with Crippen molar-refractivity contribution in [2.75, 3.05) is 20.6 Å². The first-order valence-corrected chi connectivity index (χ1v) is 14.7. The van der Waals surface area contributed by atoms with E-state index in [0.717, 1.165) is 22.5 Å². The minimum absolute atomic E-state index is 0.0296. The van der Waals surface area contributed by atoms with Gasteiger partial charge in [0.1, 0.15) is 5.82 Å². The Bertz CT molecular complexity index is 1440. The van der Waals surface area contributed by atoms with Crippen molar-refractivity contribution >= 4 is 27.2 Å². The number of benzene rings is 2. The number of sulfonamides is 1. The van der Waals surface area contributed by atoms with Gasteiger partial charge in [0.2, 0.25) is 0 Å². The molecule has 0 atom stereocenters. The molecule has 42 heavy (non-hydrogen) atoms. The molecule has 2 rings (SSSR count). The van der Waals surface area contributed by atoms with Crippen LogP contribution in [0.15, 0.2) is 101 Å². The second-order valence-corrected chi connectivity index (χ2v) is 11.8. The summed E-state index contributed by atoms with van der Waals surface area (Å²) < 4.78 is 82.3. The zero-order valence-electron chi connectivity index (χ0n) is 24.6. The molecule has 5 nitrogen and oxygen atoms in total. The molecule has 0 aliphatic rings. The molecular formula is C31H38ClF4N3O2S. The molecule has 0 saturated heterocycles. The van der Waals surface area contributed by atoms with E-state index in [2.05, 4.69) is 6.58 Å². The molecule has 0 aliphatic heterocycles. The van der Waals surface area contributed by atoms with Crippen LogP contribution in [0.5, 0.6) is 0 Å². The van der Waals surface area contributed by atoms with Gasteiger partial charge < -0.3 is 10.6 Å². The van der Waals surface area contributed by atoms with Gasteiger partial charge in [-0.1, -0.05) is 55.0 Å². The van der Waals surface area contributed by atoms with E-state index < -0.39 is 32.5 Å². The van der Waals surface area contributed by atoms with Gasteiger partial charge in [-0.15, -0.1) is 0 Å². The molecular weight excluding hydrogens is 590 g/mol. The molecule has 2 N–H and O–H groups in total.